The average molecular weight is 362 g/mol. The van der Waals surface area contributed by atoms with Gasteiger partial charge in [0.05, 0.1) is 12.8 Å². The zero-order valence-electron chi connectivity index (χ0n) is 14.7. The number of rotatable bonds is 6. The predicted octanol–water partition coefficient (Wildman–Crippen LogP) is 2.06. The first-order chi connectivity index (χ1) is 13.2. The number of nitrogens with zero attached hydrogens (tertiary/aromatic N) is 5. The van der Waals surface area contributed by atoms with Gasteiger partial charge in [-0.1, -0.05) is 6.07 Å². The van der Waals surface area contributed by atoms with Gasteiger partial charge in [0, 0.05) is 35.8 Å². The number of carbonyl (C=O) groups is 1. The number of hydrogen-bond donors (Lipinski definition) is 1. The number of aromatic nitrogens is 5. The Morgan fingerprint density at radius 2 is 2.11 bits per heavy atom. The molecule has 0 saturated heterocycles. The molecule has 4 aromatic rings. The number of benzene rings is 2. The minimum atomic E-state index is -0.136. The largest absolute Gasteiger partial charge is 0.497 e. The van der Waals surface area contributed by atoms with Crippen molar-refractivity contribution in [3.8, 4) is 11.4 Å². The van der Waals surface area contributed by atoms with Gasteiger partial charge in [-0.2, -0.15) is 0 Å². The summed E-state index contributed by atoms with van der Waals surface area (Å²) in [7, 11) is 1.65. The van der Waals surface area contributed by atoms with Crippen LogP contribution >= 0.6 is 0 Å². The Morgan fingerprint density at radius 3 is 2.93 bits per heavy atom. The number of carbonyl (C=O) groups excluding carboxylic acids is 1. The molecule has 1 amide bonds. The molecule has 27 heavy (non-hydrogen) atoms. The summed E-state index contributed by atoms with van der Waals surface area (Å²) < 4.78 is 8.86. The fraction of sp³-hybridized carbons (Fsp3) is 0.158. The molecule has 2 aromatic carbocycles. The van der Waals surface area contributed by atoms with Crippen LogP contribution in [0.1, 0.15) is 10.4 Å². The molecule has 0 aliphatic heterocycles. The molecule has 0 spiro atoms. The van der Waals surface area contributed by atoms with E-state index in [1.165, 1.54) is 11.0 Å². The fourth-order valence-corrected chi connectivity index (χ4v) is 2.96. The molecule has 0 fully saturated rings. The van der Waals surface area contributed by atoms with Crippen molar-refractivity contribution in [1.29, 1.82) is 0 Å². The second-order valence-corrected chi connectivity index (χ2v) is 5.99. The quantitative estimate of drug-likeness (QED) is 0.567. The van der Waals surface area contributed by atoms with E-state index in [1.807, 2.05) is 36.5 Å². The molecule has 2 aromatic heterocycles. The van der Waals surface area contributed by atoms with E-state index in [0.29, 0.717) is 18.7 Å². The average Bonchev–Trinajstić information content (AvgIpc) is 3.38. The Morgan fingerprint density at radius 1 is 1.19 bits per heavy atom. The van der Waals surface area contributed by atoms with Gasteiger partial charge in [-0.25, -0.2) is 4.68 Å². The minimum absolute atomic E-state index is 0.136. The van der Waals surface area contributed by atoms with E-state index >= 15 is 0 Å². The van der Waals surface area contributed by atoms with E-state index in [0.717, 1.165) is 22.3 Å². The van der Waals surface area contributed by atoms with Crippen LogP contribution in [0, 0.1) is 0 Å². The van der Waals surface area contributed by atoms with Crippen molar-refractivity contribution < 1.29 is 9.53 Å². The number of nitrogens with one attached hydrogen (secondary N) is 1. The maximum atomic E-state index is 12.4. The summed E-state index contributed by atoms with van der Waals surface area (Å²) in [6, 6.07) is 15.1. The van der Waals surface area contributed by atoms with Crippen molar-refractivity contribution >= 4 is 16.8 Å². The lowest BCUT2D eigenvalue weighted by atomic mass is 10.2. The molecule has 0 saturated carbocycles. The van der Waals surface area contributed by atoms with Gasteiger partial charge in [0.2, 0.25) is 0 Å². The van der Waals surface area contributed by atoms with Crippen LogP contribution in [0.4, 0.5) is 0 Å². The van der Waals surface area contributed by atoms with E-state index in [4.69, 9.17) is 4.74 Å². The van der Waals surface area contributed by atoms with Crippen LogP contribution in [0.15, 0.2) is 61.1 Å². The molecule has 1 N–H and O–H groups in total. The molecule has 0 radical (unpaired) electrons. The van der Waals surface area contributed by atoms with Crippen LogP contribution in [-0.2, 0) is 6.54 Å². The highest BCUT2D eigenvalue weighted by Gasteiger charge is 2.08. The van der Waals surface area contributed by atoms with Crippen molar-refractivity contribution in [1.82, 2.24) is 30.1 Å². The summed E-state index contributed by atoms with van der Waals surface area (Å²) in [5, 5.41) is 15.1. The number of methoxy groups -OCH3 is 1. The molecule has 0 atom stereocenters. The standard InChI is InChI=1S/C19H18N6O2/c1-27-17-5-6-18-14(12-17)7-9-24(18)10-8-20-19(26)15-3-2-4-16(11-15)25-13-21-22-23-25/h2-7,9,11-13H,8,10H2,1H3,(H,20,26). The second kappa shape index (κ2) is 7.28. The van der Waals surface area contributed by atoms with Crippen LogP contribution in [-0.4, -0.2) is 44.3 Å². The highest BCUT2D eigenvalue weighted by molar-refractivity contribution is 5.94. The van der Waals surface area contributed by atoms with Crippen molar-refractivity contribution in [2.45, 2.75) is 6.54 Å². The number of ether oxygens (including phenoxy) is 1. The Labute approximate surface area is 155 Å². The summed E-state index contributed by atoms with van der Waals surface area (Å²) in [5.74, 6) is 0.694. The Balaban J connectivity index is 1.41. The van der Waals surface area contributed by atoms with E-state index in [9.17, 15) is 4.79 Å². The molecule has 8 nitrogen and oxygen atoms in total. The fourth-order valence-electron chi connectivity index (χ4n) is 2.96. The van der Waals surface area contributed by atoms with Gasteiger partial charge in [-0.05, 0) is 52.9 Å². The Kier molecular flexibility index (Phi) is 4.52. The zero-order valence-corrected chi connectivity index (χ0v) is 14.7. The third-order valence-electron chi connectivity index (χ3n) is 4.34. The topological polar surface area (TPSA) is 86.9 Å². The molecule has 0 bridgehead atoms. The molecular formula is C19H18N6O2. The smallest absolute Gasteiger partial charge is 0.251 e. The Hall–Kier alpha value is -3.68. The molecular weight excluding hydrogens is 344 g/mol. The normalized spacial score (nSPS) is 10.9. The first kappa shape index (κ1) is 16.8. The lowest BCUT2D eigenvalue weighted by molar-refractivity contribution is 0.0952. The monoisotopic (exact) mass is 362 g/mol. The molecule has 2 heterocycles. The SMILES string of the molecule is COc1ccc2c(ccn2CCNC(=O)c2cccc(-n3cnnn3)c2)c1. The van der Waals surface area contributed by atoms with Gasteiger partial charge in [0.1, 0.15) is 12.1 Å². The van der Waals surface area contributed by atoms with Gasteiger partial charge in [-0.3, -0.25) is 4.79 Å². The summed E-state index contributed by atoms with van der Waals surface area (Å²) >= 11 is 0. The molecule has 0 unspecified atom stereocenters. The maximum Gasteiger partial charge on any atom is 0.251 e. The van der Waals surface area contributed by atoms with E-state index < -0.39 is 0 Å². The van der Waals surface area contributed by atoms with E-state index in [2.05, 4.69) is 25.4 Å². The van der Waals surface area contributed by atoms with Crippen LogP contribution < -0.4 is 10.1 Å². The first-order valence-electron chi connectivity index (χ1n) is 8.49. The molecule has 0 aliphatic carbocycles. The summed E-state index contributed by atoms with van der Waals surface area (Å²) in [5.41, 5.74) is 2.40. The van der Waals surface area contributed by atoms with Gasteiger partial charge in [-0.15, -0.1) is 5.10 Å². The van der Waals surface area contributed by atoms with Gasteiger partial charge < -0.3 is 14.6 Å². The third kappa shape index (κ3) is 3.50. The predicted molar refractivity (Wildman–Crippen MR) is 100.0 cm³/mol. The lowest BCUT2D eigenvalue weighted by Gasteiger charge is -2.09. The highest BCUT2D eigenvalue weighted by Crippen LogP contribution is 2.21. The van der Waals surface area contributed by atoms with Crippen molar-refractivity contribution in [2.24, 2.45) is 0 Å². The lowest BCUT2D eigenvalue weighted by Crippen LogP contribution is -2.27. The van der Waals surface area contributed by atoms with Crippen molar-refractivity contribution in [3.05, 3.63) is 66.6 Å². The molecule has 0 aliphatic rings. The van der Waals surface area contributed by atoms with Gasteiger partial charge in [0.15, 0.2) is 0 Å². The van der Waals surface area contributed by atoms with Crippen LogP contribution in [0.3, 0.4) is 0 Å². The van der Waals surface area contributed by atoms with Crippen LogP contribution in [0.25, 0.3) is 16.6 Å². The van der Waals surface area contributed by atoms with Gasteiger partial charge in [0.25, 0.3) is 5.91 Å². The van der Waals surface area contributed by atoms with Crippen LogP contribution in [0.2, 0.25) is 0 Å². The van der Waals surface area contributed by atoms with Crippen LogP contribution in [0.5, 0.6) is 5.75 Å². The number of amides is 1. The molecule has 8 heteroatoms. The van der Waals surface area contributed by atoms with E-state index in [1.54, 1.807) is 25.3 Å². The van der Waals surface area contributed by atoms with Gasteiger partial charge >= 0.3 is 0 Å². The number of fused-ring (bicyclic) bond motifs is 1. The minimum Gasteiger partial charge on any atom is -0.497 e. The Bertz CT molecular complexity index is 1070. The zero-order chi connectivity index (χ0) is 18.6. The van der Waals surface area contributed by atoms with E-state index in [-0.39, 0.29) is 5.91 Å². The second-order valence-electron chi connectivity index (χ2n) is 5.99. The summed E-state index contributed by atoms with van der Waals surface area (Å²) in [6.07, 6.45) is 3.50. The first-order valence-corrected chi connectivity index (χ1v) is 8.49. The summed E-state index contributed by atoms with van der Waals surface area (Å²) in [6.45, 7) is 1.19. The summed E-state index contributed by atoms with van der Waals surface area (Å²) in [4.78, 5) is 12.4. The highest BCUT2D eigenvalue weighted by atomic mass is 16.5. The van der Waals surface area contributed by atoms with Crippen molar-refractivity contribution in [3.63, 3.8) is 0 Å². The number of tetrazole rings is 1. The molecule has 136 valence electrons. The number of hydrogen-bond acceptors (Lipinski definition) is 5. The third-order valence-corrected chi connectivity index (χ3v) is 4.34. The molecule has 4 rings (SSSR count). The maximum absolute atomic E-state index is 12.4. The van der Waals surface area contributed by atoms with Crippen molar-refractivity contribution in [2.75, 3.05) is 13.7 Å².